The van der Waals surface area contributed by atoms with Crippen molar-refractivity contribution in [3.63, 3.8) is 0 Å². The van der Waals surface area contributed by atoms with Gasteiger partial charge in [-0.3, -0.25) is 14.4 Å². The molecule has 2 aromatic heterocycles. The number of aliphatic hydroxyl groups excluding tert-OH is 1. The second-order valence-corrected chi connectivity index (χ2v) is 10.4. The lowest BCUT2D eigenvalue weighted by molar-refractivity contribution is -0.116. The number of carbonyl (C=O) groups is 3. The summed E-state index contributed by atoms with van der Waals surface area (Å²) in [6.07, 6.45) is 3.07. The summed E-state index contributed by atoms with van der Waals surface area (Å²) in [6, 6.07) is 8.53. The molecule has 12 heteroatoms. The van der Waals surface area contributed by atoms with Gasteiger partial charge in [0.1, 0.15) is 12.4 Å². The number of hydrogen-bond acceptors (Lipinski definition) is 7. The van der Waals surface area contributed by atoms with Crippen molar-refractivity contribution < 1.29 is 19.5 Å². The zero-order valence-electron chi connectivity index (χ0n) is 22.4. The fourth-order valence-electron chi connectivity index (χ4n) is 4.65. The Kier molecular flexibility index (Phi) is 9.16. The minimum atomic E-state index is -0.419. The quantitative estimate of drug-likeness (QED) is 0.369. The summed E-state index contributed by atoms with van der Waals surface area (Å²) < 4.78 is 1.52. The molecular weight excluding hydrogens is 522 g/mol. The molecule has 11 nitrogen and oxygen atoms in total. The van der Waals surface area contributed by atoms with Crippen molar-refractivity contribution in [2.45, 2.75) is 45.3 Å². The number of piperidine rings is 1. The van der Waals surface area contributed by atoms with Gasteiger partial charge in [-0.25, -0.2) is 9.97 Å². The first-order valence-corrected chi connectivity index (χ1v) is 13.4. The van der Waals surface area contributed by atoms with Gasteiger partial charge >= 0.3 is 0 Å². The zero-order chi connectivity index (χ0) is 28.1. The Bertz CT molecular complexity index is 1330. The smallest absolute Gasteiger partial charge is 0.287 e. The number of aliphatic hydroxyl groups is 1. The van der Waals surface area contributed by atoms with E-state index in [1.165, 1.54) is 15.7 Å². The Balaban J connectivity index is 1.62. The van der Waals surface area contributed by atoms with E-state index in [2.05, 4.69) is 39.3 Å². The number of amides is 3. The van der Waals surface area contributed by atoms with Crippen molar-refractivity contribution >= 4 is 46.2 Å². The summed E-state index contributed by atoms with van der Waals surface area (Å²) in [6.45, 7) is 5.89. The van der Waals surface area contributed by atoms with E-state index in [1.807, 2.05) is 0 Å². The molecule has 3 N–H and O–H groups in total. The number of benzene rings is 1. The number of halogens is 1. The number of nitrogens with one attached hydrogen (secondary N) is 2. The van der Waals surface area contributed by atoms with Gasteiger partial charge in [0, 0.05) is 50.5 Å². The Morgan fingerprint density at radius 3 is 2.56 bits per heavy atom. The third-order valence-electron chi connectivity index (χ3n) is 6.87. The Morgan fingerprint density at radius 1 is 1.18 bits per heavy atom. The molecule has 39 heavy (non-hydrogen) atoms. The van der Waals surface area contributed by atoms with Gasteiger partial charge < -0.3 is 30.1 Å². The van der Waals surface area contributed by atoms with E-state index in [-0.39, 0.29) is 43.4 Å². The number of likely N-dealkylation sites (N-methyl/N-ethyl adjacent to an activating group) is 1. The van der Waals surface area contributed by atoms with Crippen molar-refractivity contribution in [2.24, 2.45) is 0 Å². The monoisotopic (exact) mass is 555 g/mol. The SMILES string of the molecule is CC(C)N1CCC(NC(=O)c2nc3ccc(C(=O)N(C)CCO)cc3n2CC(=O)Nc2ccc(Cl)cn2)CC1. The Labute approximate surface area is 232 Å². The topological polar surface area (TPSA) is 133 Å². The molecule has 0 unspecified atom stereocenters. The molecule has 1 aromatic carbocycles. The number of imidazole rings is 1. The maximum Gasteiger partial charge on any atom is 0.287 e. The summed E-state index contributed by atoms with van der Waals surface area (Å²) >= 11 is 5.89. The zero-order valence-corrected chi connectivity index (χ0v) is 23.1. The number of hydrogen-bond donors (Lipinski definition) is 3. The number of carbonyl (C=O) groups excluding carboxylic acids is 3. The molecule has 1 aliphatic heterocycles. The number of aromatic nitrogens is 3. The molecule has 1 saturated heterocycles. The van der Waals surface area contributed by atoms with Crippen molar-refractivity contribution in [1.29, 1.82) is 0 Å². The minimum absolute atomic E-state index is 0.00266. The fourth-order valence-corrected chi connectivity index (χ4v) is 4.76. The lowest BCUT2D eigenvalue weighted by Gasteiger charge is -2.34. The summed E-state index contributed by atoms with van der Waals surface area (Å²) in [5.74, 6) is -0.687. The number of nitrogens with zero attached hydrogens (tertiary/aromatic N) is 5. The molecule has 3 aromatic rings. The van der Waals surface area contributed by atoms with Crippen LogP contribution < -0.4 is 10.6 Å². The van der Waals surface area contributed by atoms with Crippen molar-refractivity contribution in [3.05, 3.63) is 52.9 Å². The number of likely N-dealkylation sites (tertiary alicyclic amines) is 1. The molecule has 0 radical (unpaired) electrons. The maximum atomic E-state index is 13.4. The van der Waals surface area contributed by atoms with E-state index in [4.69, 9.17) is 11.6 Å². The van der Waals surface area contributed by atoms with Gasteiger partial charge in [-0.2, -0.15) is 0 Å². The Hall–Kier alpha value is -3.54. The van der Waals surface area contributed by atoms with Gasteiger partial charge in [-0.15, -0.1) is 0 Å². The van der Waals surface area contributed by atoms with Gasteiger partial charge in [-0.05, 0) is 57.0 Å². The van der Waals surface area contributed by atoms with Crippen LogP contribution >= 0.6 is 11.6 Å². The van der Waals surface area contributed by atoms with Crippen molar-refractivity contribution in [3.8, 4) is 0 Å². The van der Waals surface area contributed by atoms with Crippen LogP contribution in [-0.4, -0.2) is 92.5 Å². The first kappa shape index (κ1) is 28.5. The van der Waals surface area contributed by atoms with E-state index >= 15 is 0 Å². The van der Waals surface area contributed by atoms with Crippen LogP contribution in [0.3, 0.4) is 0 Å². The van der Waals surface area contributed by atoms with Crippen LogP contribution in [0, 0.1) is 0 Å². The van der Waals surface area contributed by atoms with Crippen molar-refractivity contribution in [2.75, 3.05) is 38.6 Å². The largest absolute Gasteiger partial charge is 0.395 e. The predicted molar refractivity (Wildman–Crippen MR) is 149 cm³/mol. The summed E-state index contributed by atoms with van der Waals surface area (Å²) in [5.41, 5.74) is 1.30. The van der Waals surface area contributed by atoms with Crippen LogP contribution in [0.5, 0.6) is 0 Å². The van der Waals surface area contributed by atoms with Gasteiger partial charge in [0.05, 0.1) is 22.7 Å². The number of anilines is 1. The highest BCUT2D eigenvalue weighted by Crippen LogP contribution is 2.21. The van der Waals surface area contributed by atoms with E-state index in [9.17, 15) is 19.5 Å². The molecule has 0 bridgehead atoms. The van der Waals surface area contributed by atoms with Crippen LogP contribution in [0.15, 0.2) is 36.5 Å². The van der Waals surface area contributed by atoms with Gasteiger partial charge in [0.15, 0.2) is 0 Å². The number of pyridine rings is 1. The molecule has 4 rings (SSSR count). The first-order valence-electron chi connectivity index (χ1n) is 13.0. The third kappa shape index (κ3) is 6.92. The molecule has 3 heterocycles. The summed E-state index contributed by atoms with van der Waals surface area (Å²) in [4.78, 5) is 51.7. The van der Waals surface area contributed by atoms with E-state index in [0.29, 0.717) is 33.5 Å². The van der Waals surface area contributed by atoms with Crippen LogP contribution in [-0.2, 0) is 11.3 Å². The molecule has 208 valence electrons. The minimum Gasteiger partial charge on any atom is -0.395 e. The standard InChI is InChI=1S/C27H34ClN7O4/c1-17(2)34-10-8-20(9-11-34)30-26(38)25-31-21-6-4-18(27(39)33(3)12-13-36)14-22(21)35(25)16-24(37)32-23-7-5-19(28)15-29-23/h4-7,14-15,17,20,36H,8-13,16H2,1-3H3,(H,30,38)(H,29,32,37). The molecule has 0 atom stereocenters. The summed E-state index contributed by atoms with van der Waals surface area (Å²) in [5, 5.41) is 15.4. The van der Waals surface area contributed by atoms with E-state index in [0.717, 1.165) is 25.9 Å². The maximum absolute atomic E-state index is 13.4. The first-order chi connectivity index (χ1) is 18.7. The van der Waals surface area contributed by atoms with Crippen LogP contribution in [0.2, 0.25) is 5.02 Å². The van der Waals surface area contributed by atoms with Crippen LogP contribution in [0.1, 0.15) is 47.7 Å². The molecule has 3 amide bonds. The Morgan fingerprint density at radius 2 is 1.92 bits per heavy atom. The van der Waals surface area contributed by atoms with E-state index in [1.54, 1.807) is 37.4 Å². The second-order valence-electron chi connectivity index (χ2n) is 9.96. The van der Waals surface area contributed by atoms with Gasteiger partial charge in [0.25, 0.3) is 11.8 Å². The lowest BCUT2D eigenvalue weighted by Crippen LogP contribution is -2.47. The van der Waals surface area contributed by atoms with Crippen molar-refractivity contribution in [1.82, 2.24) is 29.7 Å². The van der Waals surface area contributed by atoms with Crippen LogP contribution in [0.4, 0.5) is 5.82 Å². The number of fused-ring (bicyclic) bond motifs is 1. The third-order valence-corrected chi connectivity index (χ3v) is 7.10. The molecule has 1 aliphatic rings. The molecule has 0 aliphatic carbocycles. The summed E-state index contributed by atoms with van der Waals surface area (Å²) in [7, 11) is 1.59. The highest BCUT2D eigenvalue weighted by atomic mass is 35.5. The highest BCUT2D eigenvalue weighted by molar-refractivity contribution is 6.30. The highest BCUT2D eigenvalue weighted by Gasteiger charge is 2.26. The molecular formula is C27H34ClN7O4. The van der Waals surface area contributed by atoms with Gasteiger partial charge in [0.2, 0.25) is 11.7 Å². The number of rotatable bonds is 9. The molecule has 1 fully saturated rings. The average molecular weight is 556 g/mol. The lowest BCUT2D eigenvalue weighted by atomic mass is 10.0. The second kappa shape index (κ2) is 12.5. The molecule has 0 spiro atoms. The predicted octanol–water partition coefficient (Wildman–Crippen LogP) is 2.39. The van der Waals surface area contributed by atoms with Crippen LogP contribution in [0.25, 0.3) is 11.0 Å². The van der Waals surface area contributed by atoms with Gasteiger partial charge in [-0.1, -0.05) is 11.6 Å². The average Bonchev–Trinajstić information content (AvgIpc) is 3.27. The normalized spacial score (nSPS) is 14.5. The van der Waals surface area contributed by atoms with E-state index < -0.39 is 5.91 Å². The fraction of sp³-hybridized carbons (Fsp3) is 0.444. The molecule has 0 saturated carbocycles.